The number of thiazole rings is 1. The van der Waals surface area contributed by atoms with Crippen LogP contribution in [0.1, 0.15) is 24.5 Å². The van der Waals surface area contributed by atoms with E-state index in [1.54, 1.807) is 11.3 Å². The van der Waals surface area contributed by atoms with Crippen molar-refractivity contribution < 1.29 is 0 Å². The minimum Gasteiger partial charge on any atom is -0.316 e. The highest BCUT2D eigenvalue weighted by molar-refractivity contribution is 7.09. The number of likely N-dealkylation sites (tertiary alicyclic amines) is 1. The van der Waals surface area contributed by atoms with Crippen LogP contribution in [0.5, 0.6) is 0 Å². The number of aryl methyl sites for hydroxylation is 1. The normalized spacial score (nSPS) is 31.9. The van der Waals surface area contributed by atoms with Gasteiger partial charge in [-0.15, -0.1) is 11.3 Å². The van der Waals surface area contributed by atoms with E-state index in [0.29, 0.717) is 5.54 Å². The van der Waals surface area contributed by atoms with Crippen molar-refractivity contribution in [3.63, 3.8) is 0 Å². The molecule has 2 saturated heterocycles. The number of aromatic nitrogens is 1. The van der Waals surface area contributed by atoms with Crippen LogP contribution >= 0.6 is 11.3 Å². The summed E-state index contributed by atoms with van der Waals surface area (Å²) >= 11 is 1.80. The zero-order valence-corrected chi connectivity index (χ0v) is 11.7. The molecule has 2 aliphatic rings. The second-order valence-electron chi connectivity index (χ2n) is 5.94. The third-order valence-electron chi connectivity index (χ3n) is 4.51. The first-order valence-electron chi connectivity index (χ1n) is 6.44. The molecule has 2 atom stereocenters. The van der Waals surface area contributed by atoms with E-state index in [1.165, 1.54) is 24.6 Å². The number of hydrogen-bond donors (Lipinski definition) is 1. The Morgan fingerprint density at radius 2 is 2.35 bits per heavy atom. The van der Waals surface area contributed by atoms with Crippen LogP contribution in [0.15, 0.2) is 5.38 Å². The largest absolute Gasteiger partial charge is 0.316 e. The van der Waals surface area contributed by atoms with Gasteiger partial charge in [-0.1, -0.05) is 0 Å². The zero-order valence-electron chi connectivity index (χ0n) is 10.9. The average Bonchev–Trinajstić information content (AvgIpc) is 2.90. The summed E-state index contributed by atoms with van der Waals surface area (Å²) in [6.07, 6.45) is 0. The van der Waals surface area contributed by atoms with Crippen LogP contribution in [-0.4, -0.2) is 35.1 Å². The Morgan fingerprint density at radius 3 is 3.00 bits per heavy atom. The van der Waals surface area contributed by atoms with Gasteiger partial charge < -0.3 is 5.32 Å². The maximum atomic E-state index is 4.59. The lowest BCUT2D eigenvalue weighted by molar-refractivity contribution is 0.132. The molecular weight excluding hydrogens is 230 g/mol. The minimum atomic E-state index is 0.313. The highest BCUT2D eigenvalue weighted by atomic mass is 32.1. The predicted octanol–water partition coefficient (Wildman–Crippen LogP) is 1.88. The molecule has 0 saturated carbocycles. The van der Waals surface area contributed by atoms with Crippen LogP contribution in [0.2, 0.25) is 0 Å². The monoisotopic (exact) mass is 251 g/mol. The summed E-state index contributed by atoms with van der Waals surface area (Å²) in [4.78, 5) is 7.22. The van der Waals surface area contributed by atoms with Crippen molar-refractivity contribution in [2.45, 2.75) is 32.9 Å². The second kappa shape index (κ2) is 4.04. The van der Waals surface area contributed by atoms with Crippen molar-refractivity contribution in [1.29, 1.82) is 0 Å². The Labute approximate surface area is 107 Å². The van der Waals surface area contributed by atoms with Gasteiger partial charge in [0.05, 0.1) is 6.54 Å². The standard InChI is InChI=1S/C13H21N3S/c1-9-8-17-12(15-9)7-16-6-10-4-14-5-11(10)13(16,2)3/h8,10-11,14H,4-7H2,1-3H3. The van der Waals surface area contributed by atoms with Crippen LogP contribution < -0.4 is 5.32 Å². The van der Waals surface area contributed by atoms with Crippen molar-refractivity contribution in [2.24, 2.45) is 11.8 Å². The van der Waals surface area contributed by atoms with E-state index in [2.05, 4.69) is 41.4 Å². The third kappa shape index (κ3) is 1.92. The van der Waals surface area contributed by atoms with E-state index >= 15 is 0 Å². The third-order valence-corrected chi connectivity index (χ3v) is 5.46. The fraction of sp³-hybridized carbons (Fsp3) is 0.769. The fourth-order valence-corrected chi connectivity index (χ4v) is 4.20. The average molecular weight is 251 g/mol. The molecule has 0 radical (unpaired) electrons. The summed E-state index contributed by atoms with van der Waals surface area (Å²) in [7, 11) is 0. The highest BCUT2D eigenvalue weighted by Crippen LogP contribution is 2.41. The van der Waals surface area contributed by atoms with Gasteiger partial charge in [0.1, 0.15) is 5.01 Å². The molecule has 2 aliphatic heterocycles. The maximum Gasteiger partial charge on any atom is 0.107 e. The van der Waals surface area contributed by atoms with E-state index in [1.807, 2.05) is 0 Å². The summed E-state index contributed by atoms with van der Waals surface area (Å²) < 4.78 is 0. The van der Waals surface area contributed by atoms with Gasteiger partial charge in [0.25, 0.3) is 0 Å². The number of rotatable bonds is 2. The first-order chi connectivity index (χ1) is 8.07. The molecule has 4 heteroatoms. The molecule has 2 unspecified atom stereocenters. The SMILES string of the molecule is Cc1csc(CN2CC3CNCC3C2(C)C)n1. The van der Waals surface area contributed by atoms with Crippen molar-refractivity contribution in [1.82, 2.24) is 15.2 Å². The molecule has 0 aromatic carbocycles. The molecular formula is C13H21N3S. The van der Waals surface area contributed by atoms with Gasteiger partial charge >= 0.3 is 0 Å². The molecule has 1 aromatic rings. The van der Waals surface area contributed by atoms with Crippen molar-refractivity contribution in [3.05, 3.63) is 16.1 Å². The Hall–Kier alpha value is -0.450. The summed E-state index contributed by atoms with van der Waals surface area (Å²) in [5.41, 5.74) is 1.47. The Balaban J connectivity index is 1.76. The summed E-state index contributed by atoms with van der Waals surface area (Å²) in [5.74, 6) is 1.65. The van der Waals surface area contributed by atoms with E-state index < -0.39 is 0 Å². The zero-order chi connectivity index (χ0) is 12.0. The van der Waals surface area contributed by atoms with Gasteiger partial charge in [-0.3, -0.25) is 4.90 Å². The first-order valence-corrected chi connectivity index (χ1v) is 7.32. The molecule has 2 fully saturated rings. The quantitative estimate of drug-likeness (QED) is 0.870. The van der Waals surface area contributed by atoms with Crippen LogP contribution in [0.4, 0.5) is 0 Å². The smallest absolute Gasteiger partial charge is 0.107 e. The van der Waals surface area contributed by atoms with Crippen molar-refractivity contribution >= 4 is 11.3 Å². The van der Waals surface area contributed by atoms with E-state index in [0.717, 1.165) is 24.1 Å². The second-order valence-corrected chi connectivity index (χ2v) is 6.88. The molecule has 3 rings (SSSR count). The summed E-state index contributed by atoms with van der Waals surface area (Å²) in [6, 6.07) is 0. The molecule has 0 aliphatic carbocycles. The van der Waals surface area contributed by atoms with E-state index in [9.17, 15) is 0 Å². The Bertz CT molecular complexity index is 413. The van der Waals surface area contributed by atoms with Gasteiger partial charge in [-0.2, -0.15) is 0 Å². The Kier molecular flexibility index (Phi) is 2.76. The van der Waals surface area contributed by atoms with Gasteiger partial charge in [-0.05, 0) is 39.2 Å². The van der Waals surface area contributed by atoms with Gasteiger partial charge in [0, 0.05) is 29.7 Å². The Morgan fingerprint density at radius 1 is 1.53 bits per heavy atom. The minimum absolute atomic E-state index is 0.313. The van der Waals surface area contributed by atoms with Gasteiger partial charge in [0.2, 0.25) is 0 Å². The lowest BCUT2D eigenvalue weighted by Gasteiger charge is -2.35. The molecule has 0 amide bonds. The maximum absolute atomic E-state index is 4.59. The molecule has 1 aromatic heterocycles. The molecule has 3 nitrogen and oxygen atoms in total. The van der Waals surface area contributed by atoms with Crippen LogP contribution in [0, 0.1) is 18.8 Å². The molecule has 1 N–H and O–H groups in total. The lowest BCUT2D eigenvalue weighted by Crippen LogP contribution is -2.43. The van der Waals surface area contributed by atoms with E-state index in [4.69, 9.17) is 0 Å². The van der Waals surface area contributed by atoms with Gasteiger partial charge in [-0.25, -0.2) is 4.98 Å². The molecule has 3 heterocycles. The fourth-order valence-electron chi connectivity index (χ4n) is 3.41. The number of fused-ring (bicyclic) bond motifs is 1. The number of nitrogens with zero attached hydrogens (tertiary/aromatic N) is 2. The lowest BCUT2D eigenvalue weighted by atomic mass is 9.85. The molecule has 94 valence electrons. The number of hydrogen-bond acceptors (Lipinski definition) is 4. The van der Waals surface area contributed by atoms with Crippen molar-refractivity contribution in [2.75, 3.05) is 19.6 Å². The highest BCUT2D eigenvalue weighted by Gasteiger charge is 2.49. The van der Waals surface area contributed by atoms with Crippen molar-refractivity contribution in [3.8, 4) is 0 Å². The van der Waals surface area contributed by atoms with Crippen LogP contribution in [0.25, 0.3) is 0 Å². The topological polar surface area (TPSA) is 28.2 Å². The predicted molar refractivity (Wildman–Crippen MR) is 71.2 cm³/mol. The molecule has 0 bridgehead atoms. The van der Waals surface area contributed by atoms with Crippen LogP contribution in [0.3, 0.4) is 0 Å². The van der Waals surface area contributed by atoms with Crippen LogP contribution in [-0.2, 0) is 6.54 Å². The number of nitrogens with one attached hydrogen (secondary N) is 1. The van der Waals surface area contributed by atoms with E-state index in [-0.39, 0.29) is 0 Å². The summed E-state index contributed by atoms with van der Waals surface area (Å²) in [6.45, 7) is 11.5. The molecule has 0 spiro atoms. The first kappa shape index (κ1) is 11.6. The van der Waals surface area contributed by atoms with Gasteiger partial charge in [0.15, 0.2) is 0 Å². The summed E-state index contributed by atoms with van der Waals surface area (Å²) in [5, 5.41) is 6.95. The molecule has 17 heavy (non-hydrogen) atoms.